The fraction of sp³-hybridized carbons (Fsp3) is 0. The zero-order chi connectivity index (χ0) is 7.72. The molecular formula is C4H6N4O2. The molecule has 0 aliphatic rings. The Morgan fingerprint density at radius 1 is 1.70 bits per heavy atom. The van der Waals surface area contributed by atoms with Crippen LogP contribution >= 0.6 is 0 Å². The molecule has 0 aliphatic heterocycles. The quantitative estimate of drug-likeness (QED) is 0.418. The van der Waals surface area contributed by atoms with Gasteiger partial charge in [0.15, 0.2) is 0 Å². The van der Waals surface area contributed by atoms with Crippen molar-refractivity contribution in [3.05, 3.63) is 16.4 Å². The van der Waals surface area contributed by atoms with Crippen LogP contribution in [0, 0.1) is 0 Å². The van der Waals surface area contributed by atoms with E-state index < -0.39 is 11.6 Å². The standard InChI is InChI=1S/C4H6N4O2/c5-2-1-3(9)8(7-2)4(6)10/h1,7H,5H2,(H2,6,10). The summed E-state index contributed by atoms with van der Waals surface area (Å²) in [5.41, 5.74) is 9.35. The van der Waals surface area contributed by atoms with Crippen LogP contribution in [0.2, 0.25) is 0 Å². The van der Waals surface area contributed by atoms with Gasteiger partial charge in [0, 0.05) is 6.07 Å². The molecule has 54 valence electrons. The predicted octanol–water partition coefficient (Wildman–Crippen LogP) is -1.31. The number of nitrogens with zero attached hydrogens (tertiary/aromatic N) is 1. The smallest absolute Gasteiger partial charge is 0.341 e. The second-order valence-corrected chi connectivity index (χ2v) is 1.72. The summed E-state index contributed by atoms with van der Waals surface area (Å²) in [5.74, 6) is 0.115. The predicted molar refractivity (Wildman–Crippen MR) is 34.4 cm³/mol. The Morgan fingerprint density at radius 2 is 2.30 bits per heavy atom. The first-order valence-corrected chi connectivity index (χ1v) is 2.48. The molecule has 5 N–H and O–H groups in total. The molecule has 6 heteroatoms. The summed E-state index contributed by atoms with van der Waals surface area (Å²) in [6.45, 7) is 0. The largest absolute Gasteiger partial charge is 0.384 e. The maximum atomic E-state index is 10.6. The van der Waals surface area contributed by atoms with Gasteiger partial charge in [-0.3, -0.25) is 9.89 Å². The second kappa shape index (κ2) is 1.90. The van der Waals surface area contributed by atoms with Gasteiger partial charge in [-0.2, -0.15) is 4.68 Å². The van der Waals surface area contributed by atoms with Gasteiger partial charge in [0.05, 0.1) is 0 Å². The fourth-order valence-corrected chi connectivity index (χ4v) is 0.578. The maximum absolute atomic E-state index is 10.6. The number of nitrogen functional groups attached to an aromatic ring is 1. The van der Waals surface area contributed by atoms with Crippen LogP contribution in [0.1, 0.15) is 0 Å². The van der Waals surface area contributed by atoms with Gasteiger partial charge in [-0.05, 0) is 0 Å². The first-order chi connectivity index (χ1) is 4.61. The molecule has 10 heavy (non-hydrogen) atoms. The number of aromatic nitrogens is 2. The van der Waals surface area contributed by atoms with E-state index in [1.54, 1.807) is 0 Å². The lowest BCUT2D eigenvalue weighted by Crippen LogP contribution is -2.29. The van der Waals surface area contributed by atoms with E-state index in [1.165, 1.54) is 0 Å². The molecule has 6 nitrogen and oxygen atoms in total. The van der Waals surface area contributed by atoms with Crippen LogP contribution in [-0.4, -0.2) is 15.8 Å². The SMILES string of the molecule is NC(=O)n1[nH]c(N)cc1=O. The molecule has 0 aromatic carbocycles. The highest BCUT2D eigenvalue weighted by Crippen LogP contribution is 1.86. The van der Waals surface area contributed by atoms with Crippen molar-refractivity contribution in [2.45, 2.75) is 0 Å². The molecule has 1 rings (SSSR count). The number of aromatic amines is 1. The third-order valence-electron chi connectivity index (χ3n) is 0.961. The van der Waals surface area contributed by atoms with Crippen LogP contribution in [-0.2, 0) is 0 Å². The van der Waals surface area contributed by atoms with Gasteiger partial charge in [-0.25, -0.2) is 4.79 Å². The zero-order valence-corrected chi connectivity index (χ0v) is 5.00. The molecule has 0 aliphatic carbocycles. The number of primary amides is 1. The molecule has 1 aromatic rings. The van der Waals surface area contributed by atoms with E-state index in [0.717, 1.165) is 6.07 Å². The van der Waals surface area contributed by atoms with Gasteiger partial charge < -0.3 is 11.5 Å². The van der Waals surface area contributed by atoms with Crippen LogP contribution in [0.25, 0.3) is 0 Å². The fourth-order valence-electron chi connectivity index (χ4n) is 0.578. The van der Waals surface area contributed by atoms with Gasteiger partial charge in [-0.15, -0.1) is 0 Å². The lowest BCUT2D eigenvalue weighted by atomic mass is 10.6. The Bertz CT molecular complexity index is 309. The van der Waals surface area contributed by atoms with E-state index >= 15 is 0 Å². The van der Waals surface area contributed by atoms with E-state index in [-0.39, 0.29) is 5.82 Å². The van der Waals surface area contributed by atoms with E-state index in [0.29, 0.717) is 4.68 Å². The molecule has 0 unspecified atom stereocenters. The van der Waals surface area contributed by atoms with E-state index in [9.17, 15) is 9.59 Å². The molecular weight excluding hydrogens is 136 g/mol. The summed E-state index contributed by atoms with van der Waals surface area (Å²) in [4.78, 5) is 21.0. The van der Waals surface area contributed by atoms with E-state index in [1.807, 2.05) is 0 Å². The van der Waals surface area contributed by atoms with Gasteiger partial charge in [0.25, 0.3) is 5.56 Å². The third kappa shape index (κ3) is 0.859. The number of carbonyl (C=O) groups excluding carboxylic acids is 1. The number of rotatable bonds is 0. The van der Waals surface area contributed by atoms with Crippen LogP contribution in [0.4, 0.5) is 10.6 Å². The second-order valence-electron chi connectivity index (χ2n) is 1.72. The lowest BCUT2D eigenvalue weighted by Gasteiger charge is -1.89. The highest BCUT2D eigenvalue weighted by molar-refractivity contribution is 5.73. The molecule has 0 spiro atoms. The first-order valence-electron chi connectivity index (χ1n) is 2.48. The monoisotopic (exact) mass is 142 g/mol. The Labute approximate surface area is 55.4 Å². The van der Waals surface area contributed by atoms with Crippen LogP contribution in [0.5, 0.6) is 0 Å². The van der Waals surface area contributed by atoms with Crippen LogP contribution in [0.15, 0.2) is 10.9 Å². The minimum atomic E-state index is -0.873. The number of nitrogens with two attached hydrogens (primary N) is 2. The summed E-state index contributed by atoms with van der Waals surface area (Å²) < 4.78 is 0.620. The Balaban J connectivity index is 3.29. The minimum absolute atomic E-state index is 0.115. The summed E-state index contributed by atoms with van der Waals surface area (Å²) >= 11 is 0. The lowest BCUT2D eigenvalue weighted by molar-refractivity contribution is 0.247. The molecule has 1 amide bonds. The molecule has 0 atom stereocenters. The first kappa shape index (κ1) is 6.40. The van der Waals surface area contributed by atoms with Crippen LogP contribution in [0.3, 0.4) is 0 Å². The number of hydrogen-bond donors (Lipinski definition) is 3. The number of H-pyrrole nitrogens is 1. The van der Waals surface area contributed by atoms with Gasteiger partial charge >= 0.3 is 6.03 Å². The Hall–Kier alpha value is -1.72. The van der Waals surface area contributed by atoms with Crippen molar-refractivity contribution in [2.24, 2.45) is 5.73 Å². The van der Waals surface area contributed by atoms with Crippen molar-refractivity contribution in [3.63, 3.8) is 0 Å². The van der Waals surface area contributed by atoms with Crippen molar-refractivity contribution >= 4 is 11.8 Å². The highest BCUT2D eigenvalue weighted by atomic mass is 16.2. The molecule has 1 aromatic heterocycles. The van der Waals surface area contributed by atoms with Crippen molar-refractivity contribution < 1.29 is 4.79 Å². The third-order valence-corrected chi connectivity index (χ3v) is 0.961. The summed E-state index contributed by atoms with van der Waals surface area (Å²) in [5, 5.41) is 2.25. The molecule has 1 heterocycles. The average molecular weight is 142 g/mol. The number of anilines is 1. The van der Waals surface area contributed by atoms with E-state index in [4.69, 9.17) is 11.5 Å². The highest BCUT2D eigenvalue weighted by Gasteiger charge is 2.02. The van der Waals surface area contributed by atoms with Crippen molar-refractivity contribution in [2.75, 3.05) is 5.73 Å². The topological polar surface area (TPSA) is 107 Å². The Morgan fingerprint density at radius 3 is 2.50 bits per heavy atom. The van der Waals surface area contributed by atoms with Gasteiger partial charge in [0.1, 0.15) is 5.82 Å². The number of carbonyl (C=O) groups is 1. The average Bonchev–Trinajstić information content (AvgIpc) is 2.10. The molecule has 0 fully saturated rings. The van der Waals surface area contributed by atoms with Crippen molar-refractivity contribution in [3.8, 4) is 0 Å². The molecule has 0 radical (unpaired) electrons. The van der Waals surface area contributed by atoms with Gasteiger partial charge in [0.2, 0.25) is 0 Å². The summed E-state index contributed by atoms with van der Waals surface area (Å²) in [6, 6.07) is 0.201. The molecule has 0 saturated carbocycles. The van der Waals surface area contributed by atoms with Crippen molar-refractivity contribution in [1.29, 1.82) is 0 Å². The number of nitrogens with one attached hydrogen (secondary N) is 1. The summed E-state index contributed by atoms with van der Waals surface area (Å²) in [6.07, 6.45) is 0. The zero-order valence-electron chi connectivity index (χ0n) is 5.00. The van der Waals surface area contributed by atoms with Crippen LogP contribution < -0.4 is 17.0 Å². The summed E-state index contributed by atoms with van der Waals surface area (Å²) in [7, 11) is 0. The molecule has 0 bridgehead atoms. The normalized spacial score (nSPS) is 9.60. The van der Waals surface area contributed by atoms with Crippen molar-refractivity contribution in [1.82, 2.24) is 9.78 Å². The van der Waals surface area contributed by atoms with Gasteiger partial charge in [-0.1, -0.05) is 0 Å². The number of amides is 1. The maximum Gasteiger partial charge on any atom is 0.341 e. The van der Waals surface area contributed by atoms with E-state index in [2.05, 4.69) is 5.10 Å². The molecule has 0 saturated heterocycles. The minimum Gasteiger partial charge on any atom is -0.384 e. The number of hydrogen-bond acceptors (Lipinski definition) is 3. The Kier molecular flexibility index (Phi) is 1.22.